The molecule has 2 amide bonds. The van der Waals surface area contributed by atoms with Gasteiger partial charge < -0.3 is 10.1 Å². The van der Waals surface area contributed by atoms with Crippen LogP contribution in [0.1, 0.15) is 29.2 Å². The Morgan fingerprint density at radius 1 is 0.909 bits per heavy atom. The summed E-state index contributed by atoms with van der Waals surface area (Å²) in [7, 11) is 0. The normalized spacial score (nSPS) is 11.1. The molecule has 0 aromatic heterocycles. The molecule has 0 radical (unpaired) electrons. The first-order valence-corrected chi connectivity index (χ1v) is 10.9. The molecule has 0 aliphatic rings. The lowest BCUT2D eigenvalue weighted by Crippen LogP contribution is -2.33. The van der Waals surface area contributed by atoms with E-state index in [4.69, 9.17) is 27.9 Å². The third-order valence-corrected chi connectivity index (χ3v) is 5.72. The molecule has 0 spiro atoms. The van der Waals surface area contributed by atoms with Crippen LogP contribution in [0.15, 0.2) is 65.8 Å². The summed E-state index contributed by atoms with van der Waals surface area (Å²) in [6.07, 6.45) is 0. The SMILES string of the molecule is C/C(=N\NC(=O)C(=O)Nc1ccc(C)c(C)c1)c1ccc(OCc2c(Cl)cccc2Cl)cc1. The summed E-state index contributed by atoms with van der Waals surface area (Å²) >= 11 is 12.3. The van der Waals surface area contributed by atoms with Crippen LogP contribution >= 0.6 is 23.2 Å². The summed E-state index contributed by atoms with van der Waals surface area (Å²) in [5, 5.41) is 7.66. The van der Waals surface area contributed by atoms with Crippen molar-refractivity contribution in [2.45, 2.75) is 27.4 Å². The monoisotopic (exact) mass is 483 g/mol. The lowest BCUT2D eigenvalue weighted by Gasteiger charge is -2.10. The highest BCUT2D eigenvalue weighted by Gasteiger charge is 2.14. The molecule has 8 heteroatoms. The zero-order valence-electron chi connectivity index (χ0n) is 18.4. The van der Waals surface area contributed by atoms with Gasteiger partial charge in [0.1, 0.15) is 12.4 Å². The predicted octanol–water partition coefficient (Wildman–Crippen LogP) is 5.67. The molecule has 3 aromatic carbocycles. The number of ether oxygens (including phenoxy) is 1. The Morgan fingerprint density at radius 3 is 2.21 bits per heavy atom. The summed E-state index contributed by atoms with van der Waals surface area (Å²) in [6.45, 7) is 5.86. The number of amides is 2. The number of anilines is 1. The molecule has 0 fully saturated rings. The lowest BCUT2D eigenvalue weighted by molar-refractivity contribution is -0.136. The Morgan fingerprint density at radius 2 is 1.58 bits per heavy atom. The molecule has 170 valence electrons. The highest BCUT2D eigenvalue weighted by atomic mass is 35.5. The number of hydrazone groups is 1. The molecule has 3 aromatic rings. The van der Waals surface area contributed by atoms with Gasteiger partial charge in [-0.15, -0.1) is 0 Å². The van der Waals surface area contributed by atoms with Crippen LogP contribution in [0.2, 0.25) is 10.0 Å². The molecule has 0 saturated heterocycles. The van der Waals surface area contributed by atoms with Crippen molar-refractivity contribution in [1.29, 1.82) is 0 Å². The van der Waals surface area contributed by atoms with Crippen molar-refractivity contribution in [1.82, 2.24) is 5.43 Å². The zero-order chi connectivity index (χ0) is 24.0. The average Bonchev–Trinajstić information content (AvgIpc) is 2.79. The Hall–Kier alpha value is -3.35. The highest BCUT2D eigenvalue weighted by Crippen LogP contribution is 2.26. The van der Waals surface area contributed by atoms with Crippen LogP contribution in [-0.4, -0.2) is 17.5 Å². The van der Waals surface area contributed by atoms with Gasteiger partial charge in [0.15, 0.2) is 0 Å². The Bertz CT molecular complexity index is 1190. The lowest BCUT2D eigenvalue weighted by atomic mass is 10.1. The number of hydrogen-bond acceptors (Lipinski definition) is 4. The molecule has 0 saturated carbocycles. The van der Waals surface area contributed by atoms with Gasteiger partial charge in [-0.1, -0.05) is 35.3 Å². The molecule has 0 aliphatic heterocycles. The molecule has 0 bridgehead atoms. The summed E-state index contributed by atoms with van der Waals surface area (Å²) < 4.78 is 5.76. The maximum absolute atomic E-state index is 12.1. The minimum Gasteiger partial charge on any atom is -0.489 e. The molecule has 3 rings (SSSR count). The number of carbonyl (C=O) groups is 2. The van der Waals surface area contributed by atoms with Crippen LogP contribution in [0.25, 0.3) is 0 Å². The van der Waals surface area contributed by atoms with Crippen molar-refractivity contribution in [2.75, 3.05) is 5.32 Å². The van der Waals surface area contributed by atoms with Gasteiger partial charge in [-0.2, -0.15) is 5.10 Å². The second-order valence-electron chi connectivity index (χ2n) is 7.40. The van der Waals surface area contributed by atoms with E-state index in [1.807, 2.05) is 19.9 Å². The van der Waals surface area contributed by atoms with E-state index in [1.54, 1.807) is 61.5 Å². The number of aryl methyl sites for hydroxylation is 2. The fourth-order valence-corrected chi connectivity index (χ4v) is 3.38. The molecule has 0 atom stereocenters. The molecule has 0 aliphatic carbocycles. The van der Waals surface area contributed by atoms with Gasteiger partial charge in [-0.05, 0) is 86.0 Å². The number of nitrogens with one attached hydrogen (secondary N) is 2. The maximum Gasteiger partial charge on any atom is 0.329 e. The molecule has 33 heavy (non-hydrogen) atoms. The van der Waals surface area contributed by atoms with E-state index in [2.05, 4.69) is 15.8 Å². The summed E-state index contributed by atoms with van der Waals surface area (Å²) in [5.41, 5.74) is 6.94. The highest BCUT2D eigenvalue weighted by molar-refractivity contribution is 6.39. The predicted molar refractivity (Wildman–Crippen MR) is 132 cm³/mol. The standard InChI is InChI=1S/C25H23Cl2N3O3/c1-15-7-10-19(13-16(15)2)28-24(31)25(32)30-29-17(3)18-8-11-20(12-9-18)33-14-21-22(26)5-4-6-23(21)27/h4-13H,14H2,1-3H3,(H,28,31)(H,30,32)/b29-17+. The van der Waals surface area contributed by atoms with Gasteiger partial charge >= 0.3 is 11.8 Å². The first-order valence-electron chi connectivity index (χ1n) is 10.1. The minimum absolute atomic E-state index is 0.233. The van der Waals surface area contributed by atoms with E-state index in [-0.39, 0.29) is 6.61 Å². The minimum atomic E-state index is -0.857. The van der Waals surface area contributed by atoms with Crippen LogP contribution < -0.4 is 15.5 Å². The summed E-state index contributed by atoms with van der Waals surface area (Å²) in [5.74, 6) is -1.03. The zero-order valence-corrected chi connectivity index (χ0v) is 19.9. The van der Waals surface area contributed by atoms with Crippen LogP contribution in [-0.2, 0) is 16.2 Å². The van der Waals surface area contributed by atoms with Gasteiger partial charge in [0.25, 0.3) is 0 Å². The fourth-order valence-electron chi connectivity index (χ4n) is 2.88. The van der Waals surface area contributed by atoms with Crippen molar-refractivity contribution >= 4 is 46.4 Å². The van der Waals surface area contributed by atoms with Crippen LogP contribution in [0.4, 0.5) is 5.69 Å². The number of nitrogens with zero attached hydrogens (tertiary/aromatic N) is 1. The van der Waals surface area contributed by atoms with Crippen molar-refractivity contribution in [3.05, 3.63) is 93.0 Å². The van der Waals surface area contributed by atoms with Gasteiger partial charge in [-0.3, -0.25) is 9.59 Å². The smallest absolute Gasteiger partial charge is 0.329 e. The fraction of sp³-hybridized carbons (Fsp3) is 0.160. The first kappa shape index (κ1) is 24.3. The second-order valence-corrected chi connectivity index (χ2v) is 8.22. The van der Waals surface area contributed by atoms with E-state index >= 15 is 0 Å². The van der Waals surface area contributed by atoms with Crippen LogP contribution in [0.5, 0.6) is 5.75 Å². The second kappa shape index (κ2) is 11.0. The topological polar surface area (TPSA) is 79.8 Å². The third kappa shape index (κ3) is 6.57. The van der Waals surface area contributed by atoms with Crippen LogP contribution in [0.3, 0.4) is 0 Å². The van der Waals surface area contributed by atoms with Crippen molar-refractivity contribution in [3.8, 4) is 5.75 Å². The Balaban J connectivity index is 1.56. The molecule has 2 N–H and O–H groups in total. The van der Waals surface area contributed by atoms with E-state index in [1.165, 1.54) is 0 Å². The number of carbonyl (C=O) groups excluding carboxylic acids is 2. The van der Waals surface area contributed by atoms with Gasteiger partial charge in [0.2, 0.25) is 0 Å². The van der Waals surface area contributed by atoms with Crippen LogP contribution in [0, 0.1) is 13.8 Å². The van der Waals surface area contributed by atoms with Crippen molar-refractivity contribution in [2.24, 2.45) is 5.10 Å². The van der Waals surface area contributed by atoms with Gasteiger partial charge in [0, 0.05) is 21.3 Å². The number of rotatable bonds is 6. The molecular weight excluding hydrogens is 461 g/mol. The average molecular weight is 484 g/mol. The maximum atomic E-state index is 12.1. The molecule has 0 heterocycles. The largest absolute Gasteiger partial charge is 0.489 e. The molecular formula is C25H23Cl2N3O3. The van der Waals surface area contributed by atoms with E-state index < -0.39 is 11.8 Å². The van der Waals surface area contributed by atoms with E-state index in [9.17, 15) is 9.59 Å². The summed E-state index contributed by atoms with van der Waals surface area (Å²) in [6, 6.07) is 17.8. The quantitative estimate of drug-likeness (QED) is 0.269. The van der Waals surface area contributed by atoms with Gasteiger partial charge in [-0.25, -0.2) is 5.43 Å². The summed E-state index contributed by atoms with van der Waals surface area (Å²) in [4.78, 5) is 24.2. The Kier molecular flexibility index (Phi) is 8.09. The Labute approximate surface area is 202 Å². The number of halogens is 2. The van der Waals surface area contributed by atoms with E-state index in [0.29, 0.717) is 32.8 Å². The molecule has 6 nitrogen and oxygen atoms in total. The molecule has 0 unspecified atom stereocenters. The number of benzene rings is 3. The van der Waals surface area contributed by atoms with Gasteiger partial charge in [0.05, 0.1) is 5.71 Å². The van der Waals surface area contributed by atoms with Crippen molar-refractivity contribution < 1.29 is 14.3 Å². The van der Waals surface area contributed by atoms with Crippen molar-refractivity contribution in [3.63, 3.8) is 0 Å². The first-order chi connectivity index (χ1) is 15.7. The number of hydrogen-bond donors (Lipinski definition) is 2. The van der Waals surface area contributed by atoms with E-state index in [0.717, 1.165) is 16.7 Å². The third-order valence-electron chi connectivity index (χ3n) is 5.01.